The van der Waals surface area contributed by atoms with E-state index in [0.717, 1.165) is 22.7 Å². The molecule has 0 aliphatic heterocycles. The summed E-state index contributed by atoms with van der Waals surface area (Å²) in [6.07, 6.45) is 2.04. The lowest BCUT2D eigenvalue weighted by molar-refractivity contribution is -0.140. The van der Waals surface area contributed by atoms with Crippen molar-refractivity contribution in [1.29, 1.82) is 0 Å². The van der Waals surface area contributed by atoms with Crippen molar-refractivity contribution in [2.75, 3.05) is 17.4 Å². The zero-order valence-electron chi connectivity index (χ0n) is 23.9. The molecule has 0 aliphatic carbocycles. The van der Waals surface area contributed by atoms with E-state index < -0.39 is 28.5 Å². The number of carbonyl (C=O) groups is 2. The minimum atomic E-state index is -4.19. The molecule has 10 heteroatoms. The maximum absolute atomic E-state index is 14.2. The maximum atomic E-state index is 14.2. The molecular formula is C31H37Cl2N3O4S. The number of nitrogens with zero attached hydrogens (tertiary/aromatic N) is 2. The molecule has 220 valence electrons. The molecule has 41 heavy (non-hydrogen) atoms. The predicted octanol–water partition coefficient (Wildman–Crippen LogP) is 6.53. The van der Waals surface area contributed by atoms with Crippen LogP contribution in [-0.2, 0) is 26.2 Å². The largest absolute Gasteiger partial charge is 0.354 e. The molecule has 0 unspecified atom stereocenters. The molecule has 0 radical (unpaired) electrons. The fourth-order valence-electron chi connectivity index (χ4n) is 4.45. The zero-order valence-corrected chi connectivity index (χ0v) is 26.2. The van der Waals surface area contributed by atoms with E-state index in [-0.39, 0.29) is 23.0 Å². The van der Waals surface area contributed by atoms with E-state index in [4.69, 9.17) is 23.2 Å². The Morgan fingerprint density at radius 1 is 0.902 bits per heavy atom. The van der Waals surface area contributed by atoms with Crippen LogP contribution in [0.5, 0.6) is 0 Å². The molecule has 0 spiro atoms. The quantitative estimate of drug-likeness (QED) is 0.221. The summed E-state index contributed by atoms with van der Waals surface area (Å²) in [5.41, 5.74) is 2.34. The van der Waals surface area contributed by atoms with E-state index in [1.807, 2.05) is 20.8 Å². The van der Waals surface area contributed by atoms with Crippen LogP contribution < -0.4 is 9.62 Å². The molecule has 0 bridgehead atoms. The summed E-state index contributed by atoms with van der Waals surface area (Å²) in [6.45, 7) is 7.39. The number of halogens is 2. The Balaban J connectivity index is 2.09. The van der Waals surface area contributed by atoms with Crippen LogP contribution in [0.25, 0.3) is 0 Å². The average Bonchev–Trinajstić information content (AvgIpc) is 2.94. The van der Waals surface area contributed by atoms with Crippen LogP contribution in [0.4, 0.5) is 5.69 Å². The van der Waals surface area contributed by atoms with E-state index >= 15 is 0 Å². The summed E-state index contributed by atoms with van der Waals surface area (Å²) < 4.78 is 29.1. The molecule has 0 saturated heterocycles. The highest BCUT2D eigenvalue weighted by Crippen LogP contribution is 2.31. The third kappa shape index (κ3) is 8.03. The highest BCUT2D eigenvalue weighted by molar-refractivity contribution is 7.92. The number of rotatable bonds is 13. The fraction of sp³-hybridized carbons (Fsp3) is 0.355. The van der Waals surface area contributed by atoms with Crippen LogP contribution in [-0.4, -0.2) is 44.3 Å². The number of aryl methyl sites for hydroxylation is 1. The normalized spacial score (nSPS) is 12.0. The number of amides is 2. The second kappa shape index (κ2) is 14.7. The molecule has 3 aromatic carbocycles. The Bertz CT molecular complexity index is 1460. The van der Waals surface area contributed by atoms with Crippen molar-refractivity contribution in [1.82, 2.24) is 10.2 Å². The van der Waals surface area contributed by atoms with Gasteiger partial charge in [0.25, 0.3) is 10.0 Å². The SMILES string of the molecule is CCCCNC(=O)[C@H](CC)N(Cc1ccccc1Cl)C(=O)CN(c1cccc(Cl)c1C)S(=O)(=O)c1ccc(C)cc1. The number of anilines is 1. The fourth-order valence-corrected chi connectivity index (χ4v) is 6.29. The van der Waals surface area contributed by atoms with Crippen LogP contribution in [0.3, 0.4) is 0 Å². The van der Waals surface area contributed by atoms with Crippen molar-refractivity contribution < 1.29 is 18.0 Å². The number of unbranched alkanes of at least 4 members (excludes halogenated alkanes) is 1. The van der Waals surface area contributed by atoms with Gasteiger partial charge < -0.3 is 10.2 Å². The Morgan fingerprint density at radius 2 is 1.56 bits per heavy atom. The van der Waals surface area contributed by atoms with E-state index in [1.54, 1.807) is 61.5 Å². The van der Waals surface area contributed by atoms with Gasteiger partial charge in [0, 0.05) is 23.1 Å². The third-order valence-corrected chi connectivity index (χ3v) is 9.46. The number of hydrogen-bond acceptors (Lipinski definition) is 4. The molecule has 0 saturated carbocycles. The Kier molecular flexibility index (Phi) is 11.6. The first-order valence-electron chi connectivity index (χ1n) is 13.7. The van der Waals surface area contributed by atoms with Crippen molar-refractivity contribution in [2.24, 2.45) is 0 Å². The molecule has 1 atom stereocenters. The van der Waals surface area contributed by atoms with Crippen LogP contribution >= 0.6 is 23.2 Å². The van der Waals surface area contributed by atoms with Gasteiger partial charge in [-0.05, 0) is 68.1 Å². The lowest BCUT2D eigenvalue weighted by atomic mass is 10.1. The van der Waals surface area contributed by atoms with Gasteiger partial charge in [0.15, 0.2) is 0 Å². The lowest BCUT2D eigenvalue weighted by Crippen LogP contribution is -2.52. The molecule has 2 amide bonds. The van der Waals surface area contributed by atoms with Crippen LogP contribution in [0.2, 0.25) is 10.0 Å². The zero-order chi connectivity index (χ0) is 30.2. The molecule has 3 aromatic rings. The summed E-state index contributed by atoms with van der Waals surface area (Å²) in [5.74, 6) is -0.842. The number of sulfonamides is 1. The van der Waals surface area contributed by atoms with Crippen LogP contribution in [0, 0.1) is 13.8 Å². The number of carbonyl (C=O) groups excluding carboxylic acids is 2. The van der Waals surface area contributed by atoms with E-state index in [2.05, 4.69) is 5.32 Å². The monoisotopic (exact) mass is 617 g/mol. The van der Waals surface area contributed by atoms with Gasteiger partial charge in [-0.25, -0.2) is 8.42 Å². The van der Waals surface area contributed by atoms with Crippen molar-refractivity contribution in [2.45, 2.75) is 64.4 Å². The molecule has 1 N–H and O–H groups in total. The van der Waals surface area contributed by atoms with E-state index in [1.165, 1.54) is 17.0 Å². The Hall–Kier alpha value is -3.07. The van der Waals surface area contributed by atoms with Crippen LogP contribution in [0.1, 0.15) is 49.8 Å². The minimum Gasteiger partial charge on any atom is -0.354 e. The number of nitrogens with one attached hydrogen (secondary N) is 1. The van der Waals surface area contributed by atoms with Gasteiger partial charge in [0.2, 0.25) is 11.8 Å². The van der Waals surface area contributed by atoms with Crippen molar-refractivity contribution in [3.05, 3.63) is 93.5 Å². The lowest BCUT2D eigenvalue weighted by Gasteiger charge is -2.33. The summed E-state index contributed by atoms with van der Waals surface area (Å²) in [5, 5.41) is 3.73. The van der Waals surface area contributed by atoms with Gasteiger partial charge in [0.05, 0.1) is 10.6 Å². The Morgan fingerprint density at radius 3 is 2.20 bits per heavy atom. The molecule has 0 aromatic heterocycles. The molecule has 0 heterocycles. The highest BCUT2D eigenvalue weighted by Gasteiger charge is 2.34. The smallest absolute Gasteiger partial charge is 0.264 e. The van der Waals surface area contributed by atoms with Crippen molar-refractivity contribution in [3.8, 4) is 0 Å². The van der Waals surface area contributed by atoms with Gasteiger partial charge in [-0.3, -0.25) is 13.9 Å². The highest BCUT2D eigenvalue weighted by atomic mass is 35.5. The maximum Gasteiger partial charge on any atom is 0.264 e. The van der Waals surface area contributed by atoms with Gasteiger partial charge in [-0.1, -0.05) is 85.4 Å². The van der Waals surface area contributed by atoms with Crippen molar-refractivity contribution in [3.63, 3.8) is 0 Å². The molecule has 0 fully saturated rings. The van der Waals surface area contributed by atoms with Crippen molar-refractivity contribution >= 4 is 50.7 Å². The predicted molar refractivity (Wildman–Crippen MR) is 166 cm³/mol. The Labute approximate surface area is 253 Å². The number of hydrogen-bond donors (Lipinski definition) is 1. The van der Waals surface area contributed by atoms with Gasteiger partial charge in [-0.15, -0.1) is 0 Å². The van der Waals surface area contributed by atoms with E-state index in [9.17, 15) is 18.0 Å². The summed E-state index contributed by atoms with van der Waals surface area (Å²) in [4.78, 5) is 28.9. The molecule has 0 aliphatic rings. The standard InChI is InChI=1S/C31H37Cl2N3O4S/c1-5-7-19-34-31(38)28(6-2)35(20-24-11-8-9-12-27(24)33)30(37)21-36(29-14-10-13-26(32)23(29)4)41(39,40)25-17-15-22(3)16-18-25/h8-18,28H,5-7,19-21H2,1-4H3,(H,34,38)/t28-/m0/s1. The second-order valence-electron chi connectivity index (χ2n) is 9.89. The topological polar surface area (TPSA) is 86.8 Å². The summed E-state index contributed by atoms with van der Waals surface area (Å²) in [7, 11) is -4.19. The van der Waals surface area contributed by atoms with Gasteiger partial charge in [-0.2, -0.15) is 0 Å². The molecule has 3 rings (SSSR count). The third-order valence-electron chi connectivity index (χ3n) is 6.91. The van der Waals surface area contributed by atoms with Gasteiger partial charge in [0.1, 0.15) is 12.6 Å². The summed E-state index contributed by atoms with van der Waals surface area (Å²) in [6, 6.07) is 17.6. The van der Waals surface area contributed by atoms with E-state index in [0.29, 0.717) is 34.1 Å². The molecule has 7 nitrogen and oxygen atoms in total. The first kappa shape index (κ1) is 32.4. The summed E-state index contributed by atoms with van der Waals surface area (Å²) >= 11 is 12.8. The second-order valence-corrected chi connectivity index (χ2v) is 12.6. The minimum absolute atomic E-state index is 0.0329. The average molecular weight is 619 g/mol. The number of benzene rings is 3. The first-order valence-corrected chi connectivity index (χ1v) is 15.9. The first-order chi connectivity index (χ1) is 19.5. The van der Waals surface area contributed by atoms with Gasteiger partial charge >= 0.3 is 0 Å². The molecular weight excluding hydrogens is 581 g/mol. The van der Waals surface area contributed by atoms with Crippen LogP contribution in [0.15, 0.2) is 71.6 Å².